The molecule has 0 aromatic carbocycles. The zero-order valence-electron chi connectivity index (χ0n) is 9.83. The maximum Gasteiger partial charge on any atom is 0.275 e. The minimum absolute atomic E-state index is 0.711. The monoisotopic (exact) mass is 266 g/mol. The number of fused-ring (bicyclic) bond motifs is 7. The lowest BCUT2D eigenvalue weighted by Gasteiger charge is -1.88. The Bertz CT molecular complexity index is 954. The summed E-state index contributed by atoms with van der Waals surface area (Å²) in [5, 5.41) is 2.30. The molecule has 5 rings (SSSR count). The van der Waals surface area contributed by atoms with Crippen LogP contribution in [0.15, 0.2) is 41.1 Å². The molecule has 0 bridgehead atoms. The smallest absolute Gasteiger partial charge is 0.275 e. The standard InChI is InChI=1S/C14H8N3OS/c1-3-8-10(15-5-1)7-17-11-9-4-2-6-16-12(9)18-14(11)19-13(8)17/h1-6H,7H2/q+1. The van der Waals surface area contributed by atoms with Crippen LogP contribution >= 0.6 is 11.3 Å². The average molecular weight is 266 g/mol. The van der Waals surface area contributed by atoms with E-state index in [4.69, 9.17) is 4.42 Å². The van der Waals surface area contributed by atoms with E-state index in [9.17, 15) is 0 Å². The molecule has 5 heterocycles. The van der Waals surface area contributed by atoms with E-state index in [1.807, 2.05) is 18.3 Å². The highest BCUT2D eigenvalue weighted by Gasteiger charge is 2.35. The van der Waals surface area contributed by atoms with Gasteiger partial charge in [-0.2, -0.15) is 4.57 Å². The molecular formula is C14H8N3OS+. The third kappa shape index (κ3) is 1.11. The highest BCUT2D eigenvalue weighted by molar-refractivity contribution is 7.20. The predicted octanol–water partition coefficient (Wildman–Crippen LogP) is 2.75. The highest BCUT2D eigenvalue weighted by atomic mass is 32.1. The fourth-order valence-corrected chi connectivity index (χ4v) is 3.90. The summed E-state index contributed by atoms with van der Waals surface area (Å²) >= 11 is 1.67. The lowest BCUT2D eigenvalue weighted by atomic mass is 10.2. The Balaban J connectivity index is 1.94. The van der Waals surface area contributed by atoms with Gasteiger partial charge in [0.15, 0.2) is 6.54 Å². The zero-order chi connectivity index (χ0) is 12.4. The second kappa shape index (κ2) is 3.19. The van der Waals surface area contributed by atoms with Gasteiger partial charge >= 0.3 is 0 Å². The Hall–Kier alpha value is -2.27. The Labute approximate surface area is 112 Å². The van der Waals surface area contributed by atoms with Crippen molar-refractivity contribution in [1.82, 2.24) is 9.97 Å². The van der Waals surface area contributed by atoms with E-state index >= 15 is 0 Å². The second-order valence-electron chi connectivity index (χ2n) is 4.59. The molecular weight excluding hydrogens is 258 g/mol. The number of thiazole rings is 1. The van der Waals surface area contributed by atoms with Gasteiger partial charge in [0, 0.05) is 12.4 Å². The third-order valence-electron chi connectivity index (χ3n) is 3.54. The number of hydrogen-bond acceptors (Lipinski definition) is 4. The molecule has 19 heavy (non-hydrogen) atoms. The predicted molar refractivity (Wildman–Crippen MR) is 71.9 cm³/mol. The molecule has 1 aliphatic heterocycles. The summed E-state index contributed by atoms with van der Waals surface area (Å²) < 4.78 is 8.11. The number of aromatic nitrogens is 3. The van der Waals surface area contributed by atoms with Crippen LogP contribution in [-0.4, -0.2) is 9.97 Å². The summed E-state index contributed by atoms with van der Waals surface area (Å²) in [5.41, 5.74) is 4.20. The molecule has 0 radical (unpaired) electrons. The van der Waals surface area contributed by atoms with E-state index in [0.717, 1.165) is 28.0 Å². The molecule has 0 atom stereocenters. The van der Waals surface area contributed by atoms with Crippen molar-refractivity contribution in [3.63, 3.8) is 0 Å². The summed E-state index contributed by atoms with van der Waals surface area (Å²) in [6.07, 6.45) is 3.61. The first-order valence-electron chi connectivity index (χ1n) is 6.06. The van der Waals surface area contributed by atoms with Crippen LogP contribution in [-0.2, 0) is 6.54 Å². The van der Waals surface area contributed by atoms with Crippen molar-refractivity contribution >= 4 is 32.8 Å². The molecule has 0 amide bonds. The molecule has 1 aliphatic rings. The average Bonchev–Trinajstić information content (AvgIpc) is 3.05. The number of rotatable bonds is 0. The van der Waals surface area contributed by atoms with E-state index < -0.39 is 0 Å². The molecule has 0 spiro atoms. The Morgan fingerprint density at radius 2 is 2.05 bits per heavy atom. The molecule has 0 fully saturated rings. The van der Waals surface area contributed by atoms with Crippen LogP contribution in [0.3, 0.4) is 0 Å². The Morgan fingerprint density at radius 3 is 3.05 bits per heavy atom. The summed E-state index contributed by atoms with van der Waals surface area (Å²) in [7, 11) is 0. The van der Waals surface area contributed by atoms with Gasteiger partial charge in [0.25, 0.3) is 15.4 Å². The summed E-state index contributed by atoms with van der Waals surface area (Å²) in [6, 6.07) is 8.11. The first-order chi connectivity index (χ1) is 9.42. The van der Waals surface area contributed by atoms with Gasteiger partial charge in [-0.3, -0.25) is 4.98 Å². The van der Waals surface area contributed by atoms with E-state index in [1.165, 1.54) is 10.6 Å². The van der Waals surface area contributed by atoms with Crippen molar-refractivity contribution in [2.75, 3.05) is 0 Å². The van der Waals surface area contributed by atoms with Crippen LogP contribution in [0.25, 0.3) is 32.1 Å². The Morgan fingerprint density at radius 1 is 1.16 bits per heavy atom. The van der Waals surface area contributed by atoms with E-state index in [0.29, 0.717) is 5.71 Å². The Kier molecular flexibility index (Phi) is 1.62. The molecule has 90 valence electrons. The second-order valence-corrected chi connectivity index (χ2v) is 5.55. The molecule has 4 nitrogen and oxygen atoms in total. The third-order valence-corrected chi connectivity index (χ3v) is 4.64. The number of hydrogen-bond donors (Lipinski definition) is 0. The molecule has 4 aromatic heterocycles. The number of pyridine rings is 2. The van der Waals surface area contributed by atoms with E-state index in [1.54, 1.807) is 17.5 Å². The SMILES string of the molecule is c1cnc2c(c1)-c1sc3oc4ncccc4c3[n+]1C2. The lowest BCUT2D eigenvalue weighted by Crippen LogP contribution is -2.30. The van der Waals surface area contributed by atoms with E-state index in [-0.39, 0.29) is 0 Å². The minimum Gasteiger partial charge on any atom is -0.420 e. The normalized spacial score (nSPS) is 13.1. The molecule has 0 aliphatic carbocycles. The van der Waals surface area contributed by atoms with Gasteiger partial charge in [-0.25, -0.2) is 4.98 Å². The first kappa shape index (κ1) is 9.63. The first-order valence-corrected chi connectivity index (χ1v) is 6.87. The maximum absolute atomic E-state index is 5.83. The molecule has 0 unspecified atom stereocenters. The summed E-state index contributed by atoms with van der Waals surface area (Å²) in [4.78, 5) is 9.68. The maximum atomic E-state index is 5.83. The van der Waals surface area contributed by atoms with Crippen molar-refractivity contribution in [2.45, 2.75) is 6.54 Å². The van der Waals surface area contributed by atoms with Crippen LogP contribution in [0.5, 0.6) is 0 Å². The summed E-state index contributed by atoms with van der Waals surface area (Å²) in [5.74, 6) is 0. The van der Waals surface area contributed by atoms with Gasteiger partial charge < -0.3 is 4.42 Å². The van der Waals surface area contributed by atoms with Crippen molar-refractivity contribution in [2.24, 2.45) is 0 Å². The summed E-state index contributed by atoms with van der Waals surface area (Å²) in [6.45, 7) is 0.815. The molecule has 4 aromatic rings. The van der Waals surface area contributed by atoms with Crippen molar-refractivity contribution < 1.29 is 8.98 Å². The fourth-order valence-electron chi connectivity index (χ4n) is 2.73. The molecule has 0 saturated carbocycles. The van der Waals surface area contributed by atoms with Crippen molar-refractivity contribution in [1.29, 1.82) is 0 Å². The number of nitrogens with zero attached hydrogens (tertiary/aromatic N) is 3. The van der Waals surface area contributed by atoms with Gasteiger partial charge in [0.05, 0.1) is 5.56 Å². The van der Waals surface area contributed by atoms with Crippen LogP contribution in [0.2, 0.25) is 0 Å². The van der Waals surface area contributed by atoms with Crippen molar-refractivity contribution in [3.8, 4) is 10.6 Å². The van der Waals surface area contributed by atoms with Crippen LogP contribution in [0.4, 0.5) is 0 Å². The van der Waals surface area contributed by atoms with Crippen LogP contribution < -0.4 is 4.57 Å². The van der Waals surface area contributed by atoms with E-state index in [2.05, 4.69) is 26.7 Å². The van der Waals surface area contributed by atoms with Gasteiger partial charge in [0.2, 0.25) is 5.71 Å². The largest absolute Gasteiger partial charge is 0.420 e. The van der Waals surface area contributed by atoms with Crippen molar-refractivity contribution in [3.05, 3.63) is 42.4 Å². The molecule has 5 heteroatoms. The topological polar surface area (TPSA) is 42.8 Å². The fraction of sp³-hybridized carbons (Fsp3) is 0.0714. The highest BCUT2D eigenvalue weighted by Crippen LogP contribution is 2.38. The molecule has 0 saturated heterocycles. The molecule has 0 N–H and O–H groups in total. The quantitative estimate of drug-likeness (QED) is 0.405. The minimum atomic E-state index is 0.711. The van der Waals surface area contributed by atoms with Crippen LogP contribution in [0.1, 0.15) is 5.69 Å². The van der Waals surface area contributed by atoms with Gasteiger partial charge in [0.1, 0.15) is 11.1 Å². The van der Waals surface area contributed by atoms with Gasteiger partial charge in [-0.15, -0.1) is 0 Å². The van der Waals surface area contributed by atoms with Gasteiger partial charge in [-0.1, -0.05) is 0 Å². The lowest BCUT2D eigenvalue weighted by molar-refractivity contribution is -0.641. The number of furan rings is 1. The van der Waals surface area contributed by atoms with Gasteiger partial charge in [-0.05, 0) is 35.6 Å². The van der Waals surface area contributed by atoms with Crippen LogP contribution in [0, 0.1) is 0 Å². The zero-order valence-corrected chi connectivity index (χ0v) is 10.6.